The zero-order chi connectivity index (χ0) is 31.8. The highest BCUT2D eigenvalue weighted by Gasteiger charge is 2.43. The predicted molar refractivity (Wildman–Crippen MR) is 174 cm³/mol. The Morgan fingerprint density at radius 2 is 1.78 bits per heavy atom. The van der Waals surface area contributed by atoms with Gasteiger partial charge in [0.05, 0.1) is 37.0 Å². The lowest BCUT2D eigenvalue weighted by Crippen LogP contribution is -2.51. The maximum absolute atomic E-state index is 14.0. The van der Waals surface area contributed by atoms with Gasteiger partial charge in [0.2, 0.25) is 0 Å². The smallest absolute Gasteiger partial charge is 0.323 e. The second-order valence-electron chi connectivity index (χ2n) is 12.3. The summed E-state index contributed by atoms with van der Waals surface area (Å²) < 4.78 is 37.4. The summed E-state index contributed by atoms with van der Waals surface area (Å²) in [6.45, 7) is 2.47. The minimum Gasteiger partial charge on any atom is -0.493 e. The molecule has 4 aromatic carbocycles. The number of hydrogen-bond acceptors (Lipinski definition) is 6. The summed E-state index contributed by atoms with van der Waals surface area (Å²) in [5, 5.41) is 0.996. The van der Waals surface area contributed by atoms with E-state index in [1.807, 2.05) is 30.3 Å². The Hall–Kier alpha value is -3.62. The van der Waals surface area contributed by atoms with Crippen LogP contribution in [0.15, 0.2) is 78.9 Å². The molecule has 0 radical (unpaired) electrons. The van der Waals surface area contributed by atoms with Crippen molar-refractivity contribution in [2.24, 2.45) is 0 Å². The zero-order valence-corrected chi connectivity index (χ0v) is 27.0. The molecule has 3 heterocycles. The molecule has 1 saturated heterocycles. The monoisotopic (exact) mass is 661 g/mol. The van der Waals surface area contributed by atoms with Crippen molar-refractivity contribution in [3.05, 3.63) is 128 Å². The number of carbonyl (C=O) groups excluding carboxylic acids is 1. The first kappa shape index (κ1) is 31.0. The third-order valence-electron chi connectivity index (χ3n) is 9.33. The Labute approximate surface area is 277 Å². The fourth-order valence-corrected chi connectivity index (χ4v) is 7.07. The summed E-state index contributed by atoms with van der Waals surface area (Å²) in [5.41, 5.74) is 5.75. The van der Waals surface area contributed by atoms with Gasteiger partial charge in [0, 0.05) is 18.7 Å². The lowest BCUT2D eigenvalue weighted by atomic mass is 9.86. The summed E-state index contributed by atoms with van der Waals surface area (Å²) in [5.74, 6) is 1.31. The van der Waals surface area contributed by atoms with Gasteiger partial charge < -0.3 is 18.9 Å². The van der Waals surface area contributed by atoms with Crippen molar-refractivity contribution in [3.8, 4) is 11.5 Å². The van der Waals surface area contributed by atoms with E-state index in [2.05, 4.69) is 29.2 Å². The molecular weight excluding hydrogens is 628 g/mol. The van der Waals surface area contributed by atoms with Crippen LogP contribution >= 0.6 is 23.2 Å². The molecule has 0 spiro atoms. The van der Waals surface area contributed by atoms with Crippen molar-refractivity contribution >= 4 is 29.2 Å². The highest BCUT2D eigenvalue weighted by molar-refractivity contribution is 6.42. The molecule has 0 aliphatic carbocycles. The standard InChI is InChI=1S/C37H34Cl2FNO5/c1-43-36(42)34-16-26-17-35-27(15-28(26)20-41(34)19-23-3-2-4-30(40)13-23)14-25(11-12-45-35)24-5-8-31(9-6-24)46-37(21-44-22-37)29-7-10-32(38)33(39)18-29/h2-10,13,15,17-18,25,34H,11-12,14,16,19-22H2,1H3/t25?,34-/m0/s1. The first-order valence-electron chi connectivity index (χ1n) is 15.5. The Balaban J connectivity index is 1.09. The predicted octanol–water partition coefficient (Wildman–Crippen LogP) is 7.65. The Morgan fingerprint density at radius 1 is 0.957 bits per heavy atom. The van der Waals surface area contributed by atoms with E-state index >= 15 is 0 Å². The number of methoxy groups -OCH3 is 1. The maximum atomic E-state index is 14.0. The van der Waals surface area contributed by atoms with Crippen LogP contribution in [0.25, 0.3) is 0 Å². The molecule has 9 heteroatoms. The number of carbonyl (C=O) groups is 1. The van der Waals surface area contributed by atoms with Gasteiger partial charge in [0.1, 0.15) is 23.4 Å². The zero-order valence-electron chi connectivity index (χ0n) is 25.4. The molecule has 3 aliphatic rings. The van der Waals surface area contributed by atoms with Gasteiger partial charge in [-0.2, -0.15) is 0 Å². The maximum Gasteiger partial charge on any atom is 0.323 e. The van der Waals surface area contributed by atoms with E-state index in [9.17, 15) is 9.18 Å². The van der Waals surface area contributed by atoms with Crippen LogP contribution < -0.4 is 9.47 Å². The van der Waals surface area contributed by atoms with Gasteiger partial charge in [-0.25, -0.2) is 4.39 Å². The van der Waals surface area contributed by atoms with Gasteiger partial charge in [0.25, 0.3) is 0 Å². The average molecular weight is 663 g/mol. The summed E-state index contributed by atoms with van der Waals surface area (Å²) in [4.78, 5) is 14.9. The van der Waals surface area contributed by atoms with Gasteiger partial charge in [-0.05, 0) is 95.5 Å². The first-order chi connectivity index (χ1) is 22.3. The van der Waals surface area contributed by atoms with Crippen LogP contribution in [0.2, 0.25) is 10.0 Å². The topological polar surface area (TPSA) is 57.2 Å². The van der Waals surface area contributed by atoms with Gasteiger partial charge in [-0.3, -0.25) is 9.69 Å². The number of benzene rings is 4. The van der Waals surface area contributed by atoms with E-state index in [0.29, 0.717) is 49.4 Å². The number of nitrogens with zero attached hydrogens (tertiary/aromatic N) is 1. The Kier molecular flexibility index (Phi) is 8.68. The van der Waals surface area contributed by atoms with E-state index in [4.69, 9.17) is 42.1 Å². The summed E-state index contributed by atoms with van der Waals surface area (Å²) in [7, 11) is 1.41. The molecule has 238 valence electrons. The number of ether oxygens (including phenoxy) is 4. The number of hydrogen-bond donors (Lipinski definition) is 0. The Morgan fingerprint density at radius 3 is 2.50 bits per heavy atom. The minimum absolute atomic E-state index is 0.263. The molecule has 3 aliphatic heterocycles. The van der Waals surface area contributed by atoms with Crippen molar-refractivity contribution in [1.82, 2.24) is 4.90 Å². The number of fused-ring (bicyclic) bond motifs is 2. The molecule has 4 aromatic rings. The largest absolute Gasteiger partial charge is 0.493 e. The molecule has 1 unspecified atom stereocenters. The average Bonchev–Trinajstić information content (AvgIpc) is 3.24. The van der Waals surface area contributed by atoms with Crippen LogP contribution in [0.4, 0.5) is 4.39 Å². The van der Waals surface area contributed by atoms with Crippen molar-refractivity contribution in [1.29, 1.82) is 0 Å². The van der Waals surface area contributed by atoms with E-state index in [1.165, 1.54) is 24.8 Å². The van der Waals surface area contributed by atoms with Gasteiger partial charge in [-0.15, -0.1) is 0 Å². The van der Waals surface area contributed by atoms with Crippen LogP contribution in [0.1, 0.15) is 45.7 Å². The highest BCUT2D eigenvalue weighted by Crippen LogP contribution is 2.40. The van der Waals surface area contributed by atoms with Crippen LogP contribution in [0, 0.1) is 5.82 Å². The first-order valence-corrected chi connectivity index (χ1v) is 16.2. The molecular formula is C37H34Cl2FNO5. The van der Waals surface area contributed by atoms with Crippen molar-refractivity contribution in [2.75, 3.05) is 26.9 Å². The van der Waals surface area contributed by atoms with E-state index in [0.717, 1.165) is 52.2 Å². The van der Waals surface area contributed by atoms with Crippen molar-refractivity contribution < 1.29 is 28.1 Å². The molecule has 46 heavy (non-hydrogen) atoms. The van der Waals surface area contributed by atoms with Crippen molar-refractivity contribution in [2.45, 2.75) is 49.9 Å². The third-order valence-corrected chi connectivity index (χ3v) is 10.1. The van der Waals surface area contributed by atoms with Crippen LogP contribution in [-0.4, -0.2) is 43.8 Å². The Bertz CT molecular complexity index is 1760. The number of halogens is 3. The van der Waals surface area contributed by atoms with Crippen LogP contribution in [-0.2, 0) is 45.8 Å². The SMILES string of the molecule is COC(=O)[C@@H]1Cc2cc3c(cc2CN1Cc1cccc(F)c1)CC(c1ccc(OC2(c4ccc(Cl)c(Cl)c4)COC2)cc1)CCO3. The second kappa shape index (κ2) is 12.9. The van der Waals surface area contributed by atoms with E-state index in [-0.39, 0.29) is 17.7 Å². The van der Waals surface area contributed by atoms with Gasteiger partial charge >= 0.3 is 5.97 Å². The third kappa shape index (κ3) is 6.21. The van der Waals surface area contributed by atoms with Gasteiger partial charge in [0.15, 0.2) is 5.60 Å². The molecule has 0 aromatic heterocycles. The fraction of sp³-hybridized carbons (Fsp3) is 0.324. The molecule has 0 saturated carbocycles. The molecule has 7 rings (SSSR count). The van der Waals surface area contributed by atoms with Crippen LogP contribution in [0.3, 0.4) is 0 Å². The lowest BCUT2D eigenvalue weighted by molar-refractivity contribution is -0.167. The quantitative estimate of drug-likeness (QED) is 0.190. The molecule has 0 amide bonds. The number of esters is 1. The molecule has 2 atom stereocenters. The van der Waals surface area contributed by atoms with E-state index in [1.54, 1.807) is 12.1 Å². The highest BCUT2D eigenvalue weighted by atomic mass is 35.5. The van der Waals surface area contributed by atoms with Gasteiger partial charge in [-0.1, -0.05) is 59.6 Å². The van der Waals surface area contributed by atoms with Crippen molar-refractivity contribution in [3.63, 3.8) is 0 Å². The number of rotatable bonds is 7. The normalized spacial score (nSPS) is 20.3. The fourth-order valence-electron chi connectivity index (χ4n) is 6.77. The minimum atomic E-state index is -0.598. The van der Waals surface area contributed by atoms with E-state index < -0.39 is 11.6 Å². The van der Waals surface area contributed by atoms with Crippen LogP contribution in [0.5, 0.6) is 11.5 Å². The molecule has 0 N–H and O–H groups in total. The molecule has 1 fully saturated rings. The summed E-state index contributed by atoms with van der Waals surface area (Å²) >= 11 is 12.4. The summed E-state index contributed by atoms with van der Waals surface area (Å²) in [6.07, 6.45) is 2.21. The lowest BCUT2D eigenvalue weighted by Gasteiger charge is -2.42. The second-order valence-corrected chi connectivity index (χ2v) is 13.1. The molecule has 0 bridgehead atoms. The molecule has 6 nitrogen and oxygen atoms in total. The summed E-state index contributed by atoms with van der Waals surface area (Å²) in [6, 6.07) is 24.3.